The van der Waals surface area contributed by atoms with Crippen LogP contribution in [0.2, 0.25) is 0 Å². The van der Waals surface area contributed by atoms with Crippen molar-refractivity contribution in [2.75, 3.05) is 6.54 Å². The Morgan fingerprint density at radius 3 is 2.70 bits per heavy atom. The highest BCUT2D eigenvalue weighted by atomic mass is 19.1. The number of ether oxygens (including phenoxy) is 1. The second-order valence-corrected chi connectivity index (χ2v) is 4.34. The lowest BCUT2D eigenvalue weighted by Crippen LogP contribution is -2.17. The smallest absolute Gasteiger partial charge is 0.207 e. The molecule has 1 atom stereocenters. The molecule has 3 nitrogen and oxygen atoms in total. The van der Waals surface area contributed by atoms with E-state index in [1.165, 1.54) is 0 Å². The fourth-order valence-corrected chi connectivity index (χ4v) is 1.81. The summed E-state index contributed by atoms with van der Waals surface area (Å²) in [6.45, 7) is 0.402. The number of carbonyl (C=O) groups excluding carboxylic acids is 1. The zero-order chi connectivity index (χ0) is 14.2. The minimum absolute atomic E-state index is 0.0361. The largest absolute Gasteiger partial charge is 0.489 e. The van der Waals surface area contributed by atoms with Gasteiger partial charge in [-0.1, -0.05) is 42.5 Å². The van der Waals surface area contributed by atoms with E-state index in [9.17, 15) is 9.18 Å². The van der Waals surface area contributed by atoms with Crippen LogP contribution in [0, 0.1) is 0 Å². The molecule has 0 aliphatic heterocycles. The molecule has 2 aromatic carbocycles. The Hall–Kier alpha value is -2.36. The van der Waals surface area contributed by atoms with E-state index in [2.05, 4.69) is 5.32 Å². The molecule has 20 heavy (non-hydrogen) atoms. The number of alkyl halides is 1. The van der Waals surface area contributed by atoms with Gasteiger partial charge in [0.1, 0.15) is 18.5 Å². The molecule has 0 saturated carbocycles. The Morgan fingerprint density at radius 1 is 1.15 bits per heavy atom. The lowest BCUT2D eigenvalue weighted by molar-refractivity contribution is -0.109. The van der Waals surface area contributed by atoms with E-state index in [1.807, 2.05) is 30.3 Å². The third kappa shape index (κ3) is 4.09. The van der Waals surface area contributed by atoms with Crippen LogP contribution in [-0.2, 0) is 11.4 Å². The van der Waals surface area contributed by atoms with Crippen molar-refractivity contribution in [1.82, 2.24) is 5.32 Å². The lowest BCUT2D eigenvalue weighted by atomic mass is 10.1. The summed E-state index contributed by atoms with van der Waals surface area (Å²) in [5, 5.41) is 2.33. The summed E-state index contributed by atoms with van der Waals surface area (Å²) in [6, 6.07) is 16.6. The summed E-state index contributed by atoms with van der Waals surface area (Å²) in [5.41, 5.74) is 1.54. The first-order valence-electron chi connectivity index (χ1n) is 6.37. The van der Waals surface area contributed by atoms with Gasteiger partial charge in [-0.15, -0.1) is 0 Å². The van der Waals surface area contributed by atoms with Gasteiger partial charge >= 0.3 is 0 Å². The standard InChI is InChI=1S/C16H16FNO2/c17-16(10-18-12-19)14-7-4-8-15(9-14)20-11-13-5-2-1-3-6-13/h1-9,12,16H,10-11H2,(H,18,19). The molecule has 2 rings (SSSR count). The van der Waals surface area contributed by atoms with Gasteiger partial charge in [-0.25, -0.2) is 4.39 Å². The second kappa shape index (κ2) is 7.28. The van der Waals surface area contributed by atoms with E-state index >= 15 is 0 Å². The minimum Gasteiger partial charge on any atom is -0.489 e. The normalized spacial score (nSPS) is 11.7. The van der Waals surface area contributed by atoms with Crippen LogP contribution < -0.4 is 10.1 Å². The van der Waals surface area contributed by atoms with Gasteiger partial charge in [0, 0.05) is 0 Å². The van der Waals surface area contributed by atoms with Gasteiger partial charge in [0.2, 0.25) is 6.41 Å². The van der Waals surface area contributed by atoms with Crippen molar-refractivity contribution in [3.8, 4) is 5.75 Å². The number of hydrogen-bond donors (Lipinski definition) is 1. The Morgan fingerprint density at radius 2 is 1.95 bits per heavy atom. The van der Waals surface area contributed by atoms with Gasteiger partial charge in [0.05, 0.1) is 6.54 Å². The van der Waals surface area contributed by atoms with Gasteiger partial charge in [-0.2, -0.15) is 0 Å². The number of amides is 1. The average Bonchev–Trinajstić information content (AvgIpc) is 2.52. The molecule has 0 spiro atoms. The molecule has 0 bridgehead atoms. The lowest BCUT2D eigenvalue weighted by Gasteiger charge is -2.11. The molecule has 0 radical (unpaired) electrons. The SMILES string of the molecule is O=CNCC(F)c1cccc(OCc2ccccc2)c1. The molecule has 4 heteroatoms. The van der Waals surface area contributed by atoms with Crippen molar-refractivity contribution in [3.05, 3.63) is 65.7 Å². The van der Waals surface area contributed by atoms with Gasteiger partial charge in [0.25, 0.3) is 0 Å². The number of benzene rings is 2. The maximum Gasteiger partial charge on any atom is 0.207 e. The van der Waals surface area contributed by atoms with Crippen LogP contribution in [0.1, 0.15) is 17.3 Å². The Kier molecular flexibility index (Phi) is 5.12. The summed E-state index contributed by atoms with van der Waals surface area (Å²) < 4.78 is 19.4. The Bertz CT molecular complexity index is 545. The highest BCUT2D eigenvalue weighted by Gasteiger charge is 2.09. The maximum atomic E-state index is 13.8. The van der Waals surface area contributed by atoms with E-state index in [0.717, 1.165) is 5.56 Å². The number of nitrogens with one attached hydrogen (secondary N) is 1. The summed E-state index contributed by atoms with van der Waals surface area (Å²) in [4.78, 5) is 10.2. The van der Waals surface area contributed by atoms with Gasteiger partial charge in [-0.05, 0) is 23.3 Å². The first kappa shape index (κ1) is 14.1. The topological polar surface area (TPSA) is 38.3 Å². The first-order chi connectivity index (χ1) is 9.79. The fourth-order valence-electron chi connectivity index (χ4n) is 1.81. The Balaban J connectivity index is 1.97. The predicted molar refractivity (Wildman–Crippen MR) is 75.1 cm³/mol. The highest BCUT2D eigenvalue weighted by Crippen LogP contribution is 2.22. The predicted octanol–water partition coefficient (Wildman–Crippen LogP) is 3.02. The third-order valence-electron chi connectivity index (χ3n) is 2.85. The van der Waals surface area contributed by atoms with Gasteiger partial charge in [-0.3, -0.25) is 4.79 Å². The molecule has 0 aliphatic carbocycles. The van der Waals surface area contributed by atoms with Crippen molar-refractivity contribution >= 4 is 6.41 Å². The van der Waals surface area contributed by atoms with E-state index in [-0.39, 0.29) is 6.54 Å². The van der Waals surface area contributed by atoms with Crippen molar-refractivity contribution in [2.45, 2.75) is 12.8 Å². The molecule has 2 aromatic rings. The first-order valence-corrected chi connectivity index (χ1v) is 6.37. The maximum absolute atomic E-state index is 13.8. The van der Waals surface area contributed by atoms with Crippen molar-refractivity contribution in [2.24, 2.45) is 0 Å². The molecule has 1 unspecified atom stereocenters. The molecular formula is C16H16FNO2. The van der Waals surface area contributed by atoms with Crippen molar-refractivity contribution < 1.29 is 13.9 Å². The number of halogens is 1. The van der Waals surface area contributed by atoms with Crippen LogP contribution in [0.15, 0.2) is 54.6 Å². The number of rotatable bonds is 7. The molecular weight excluding hydrogens is 257 g/mol. The van der Waals surface area contributed by atoms with E-state index in [4.69, 9.17) is 4.74 Å². The molecule has 0 aliphatic rings. The quantitative estimate of drug-likeness (QED) is 0.787. The third-order valence-corrected chi connectivity index (χ3v) is 2.85. The number of carbonyl (C=O) groups is 1. The summed E-state index contributed by atoms with van der Waals surface area (Å²) in [7, 11) is 0. The van der Waals surface area contributed by atoms with E-state index in [1.54, 1.807) is 24.3 Å². The van der Waals surface area contributed by atoms with E-state index in [0.29, 0.717) is 24.3 Å². The summed E-state index contributed by atoms with van der Waals surface area (Å²) in [6.07, 6.45) is -0.747. The minimum atomic E-state index is -1.24. The molecule has 0 fully saturated rings. The Labute approximate surface area is 117 Å². The van der Waals surface area contributed by atoms with Crippen LogP contribution in [0.5, 0.6) is 5.75 Å². The summed E-state index contributed by atoms with van der Waals surface area (Å²) >= 11 is 0. The summed E-state index contributed by atoms with van der Waals surface area (Å²) in [5.74, 6) is 0.611. The molecule has 0 heterocycles. The zero-order valence-corrected chi connectivity index (χ0v) is 11.0. The van der Waals surface area contributed by atoms with Crippen LogP contribution in [0.4, 0.5) is 4.39 Å². The highest BCUT2D eigenvalue weighted by molar-refractivity contribution is 5.46. The van der Waals surface area contributed by atoms with Crippen molar-refractivity contribution in [1.29, 1.82) is 0 Å². The average molecular weight is 273 g/mol. The zero-order valence-electron chi connectivity index (χ0n) is 11.0. The van der Waals surface area contributed by atoms with Crippen LogP contribution in [0.25, 0.3) is 0 Å². The fraction of sp³-hybridized carbons (Fsp3) is 0.188. The molecule has 1 amide bonds. The molecule has 0 saturated heterocycles. The van der Waals surface area contributed by atoms with Crippen molar-refractivity contribution in [3.63, 3.8) is 0 Å². The molecule has 104 valence electrons. The van der Waals surface area contributed by atoms with Crippen LogP contribution in [-0.4, -0.2) is 13.0 Å². The van der Waals surface area contributed by atoms with Crippen LogP contribution >= 0.6 is 0 Å². The monoisotopic (exact) mass is 273 g/mol. The van der Waals surface area contributed by atoms with Gasteiger partial charge in [0.15, 0.2) is 0 Å². The van der Waals surface area contributed by atoms with Crippen LogP contribution in [0.3, 0.4) is 0 Å². The molecule has 0 aromatic heterocycles. The van der Waals surface area contributed by atoms with Gasteiger partial charge < -0.3 is 10.1 Å². The van der Waals surface area contributed by atoms with E-state index < -0.39 is 6.17 Å². The molecule has 1 N–H and O–H groups in total. The number of hydrogen-bond acceptors (Lipinski definition) is 2. The second-order valence-electron chi connectivity index (χ2n) is 4.34.